The van der Waals surface area contributed by atoms with E-state index in [1.54, 1.807) is 6.92 Å². The number of nitrogens with zero attached hydrogens (tertiary/aromatic N) is 1. The van der Waals surface area contributed by atoms with Gasteiger partial charge >= 0.3 is 0 Å². The number of nitro benzene ring substituents is 1. The Hall–Kier alpha value is -2.21. The zero-order valence-electron chi connectivity index (χ0n) is 11.1. The topological polar surface area (TPSA) is 92.5 Å². The van der Waals surface area contributed by atoms with E-state index in [0.717, 1.165) is 0 Å². The fourth-order valence-corrected chi connectivity index (χ4v) is 2.28. The quantitative estimate of drug-likeness (QED) is 0.496. The van der Waals surface area contributed by atoms with E-state index >= 15 is 0 Å². The summed E-state index contributed by atoms with van der Waals surface area (Å²) in [5, 5.41) is 22.5. The smallest absolute Gasteiger partial charge is 0.269 e. The lowest BCUT2D eigenvalue weighted by atomic mass is 10.1. The van der Waals surface area contributed by atoms with Crippen molar-refractivity contribution < 1.29 is 14.8 Å². The number of rotatable bonds is 4. The Kier molecular flexibility index (Phi) is 4.14. The molecular weight excluding hydrogens is 260 g/mol. The molecule has 1 aliphatic carbocycles. The van der Waals surface area contributed by atoms with Gasteiger partial charge in [0.15, 0.2) is 0 Å². The predicted octanol–water partition coefficient (Wildman–Crippen LogP) is 1.57. The molecule has 0 unspecified atom stereocenters. The zero-order chi connectivity index (χ0) is 14.7. The summed E-state index contributed by atoms with van der Waals surface area (Å²) in [6.45, 7) is 1.74. The molecule has 2 atom stereocenters. The average molecular weight is 276 g/mol. The van der Waals surface area contributed by atoms with E-state index < -0.39 is 4.92 Å². The first-order valence-corrected chi connectivity index (χ1v) is 6.36. The highest BCUT2D eigenvalue weighted by Gasteiger charge is 2.21. The van der Waals surface area contributed by atoms with Crippen molar-refractivity contribution in [3.63, 3.8) is 0 Å². The van der Waals surface area contributed by atoms with Crippen molar-refractivity contribution in [3.05, 3.63) is 51.6 Å². The highest BCUT2D eigenvalue weighted by molar-refractivity contribution is 5.96. The Morgan fingerprint density at radius 3 is 2.80 bits per heavy atom. The van der Waals surface area contributed by atoms with E-state index in [4.69, 9.17) is 5.11 Å². The molecule has 6 heteroatoms. The van der Waals surface area contributed by atoms with Crippen molar-refractivity contribution >= 4 is 11.6 Å². The number of carbonyl (C=O) groups is 1. The van der Waals surface area contributed by atoms with Crippen LogP contribution in [0.25, 0.3) is 0 Å². The van der Waals surface area contributed by atoms with Crippen molar-refractivity contribution in [1.29, 1.82) is 0 Å². The molecule has 0 heterocycles. The number of nitro groups is 1. The molecule has 1 aromatic rings. The molecule has 0 aliphatic heterocycles. The molecule has 0 fully saturated rings. The molecule has 0 radical (unpaired) electrons. The van der Waals surface area contributed by atoms with Gasteiger partial charge in [0.25, 0.3) is 11.6 Å². The zero-order valence-corrected chi connectivity index (χ0v) is 11.1. The minimum atomic E-state index is -0.486. The number of aryl methyl sites for hydroxylation is 1. The molecule has 0 spiro atoms. The molecule has 0 bridgehead atoms. The Morgan fingerprint density at radius 2 is 2.25 bits per heavy atom. The molecule has 1 amide bonds. The van der Waals surface area contributed by atoms with Crippen LogP contribution in [0.15, 0.2) is 30.4 Å². The van der Waals surface area contributed by atoms with Crippen LogP contribution in [0.5, 0.6) is 0 Å². The fourth-order valence-electron chi connectivity index (χ4n) is 2.28. The maximum Gasteiger partial charge on any atom is 0.269 e. The van der Waals surface area contributed by atoms with Crippen LogP contribution < -0.4 is 5.32 Å². The summed E-state index contributed by atoms with van der Waals surface area (Å²) in [5.41, 5.74) is 0.967. The summed E-state index contributed by atoms with van der Waals surface area (Å²) < 4.78 is 0. The highest BCUT2D eigenvalue weighted by Crippen LogP contribution is 2.20. The minimum Gasteiger partial charge on any atom is -0.396 e. The van der Waals surface area contributed by atoms with E-state index in [0.29, 0.717) is 17.5 Å². The highest BCUT2D eigenvalue weighted by atomic mass is 16.6. The first kappa shape index (κ1) is 14.2. The van der Waals surface area contributed by atoms with Gasteiger partial charge in [0.2, 0.25) is 0 Å². The van der Waals surface area contributed by atoms with Gasteiger partial charge in [-0.2, -0.15) is 0 Å². The molecule has 2 rings (SSSR count). The molecule has 1 aromatic carbocycles. The molecule has 106 valence electrons. The van der Waals surface area contributed by atoms with Crippen LogP contribution in [-0.2, 0) is 0 Å². The summed E-state index contributed by atoms with van der Waals surface area (Å²) in [6, 6.07) is 4.07. The lowest BCUT2D eigenvalue weighted by Gasteiger charge is -2.13. The summed E-state index contributed by atoms with van der Waals surface area (Å²) in [6.07, 6.45) is 4.42. The molecule has 6 nitrogen and oxygen atoms in total. The Balaban J connectivity index is 2.07. The molecule has 1 aliphatic rings. The van der Waals surface area contributed by atoms with Gasteiger partial charge in [0.05, 0.1) is 4.92 Å². The maximum absolute atomic E-state index is 12.1. The van der Waals surface area contributed by atoms with Crippen LogP contribution in [0.4, 0.5) is 5.69 Å². The van der Waals surface area contributed by atoms with Crippen LogP contribution in [0, 0.1) is 23.0 Å². The average Bonchev–Trinajstić information content (AvgIpc) is 2.85. The number of aliphatic hydroxyl groups excluding tert-OH is 1. The number of nitrogens with one attached hydrogen (secondary N) is 1. The summed E-state index contributed by atoms with van der Waals surface area (Å²) in [5.74, 6) is -0.177. The van der Waals surface area contributed by atoms with E-state index in [1.165, 1.54) is 18.2 Å². The fraction of sp³-hybridized carbons (Fsp3) is 0.357. The lowest BCUT2D eigenvalue weighted by Crippen LogP contribution is -2.33. The molecule has 20 heavy (non-hydrogen) atoms. The van der Waals surface area contributed by atoms with Crippen molar-refractivity contribution in [1.82, 2.24) is 5.32 Å². The van der Waals surface area contributed by atoms with E-state index in [9.17, 15) is 14.9 Å². The van der Waals surface area contributed by atoms with Gasteiger partial charge in [0.1, 0.15) is 0 Å². The molecule has 2 N–H and O–H groups in total. The Labute approximate surface area is 116 Å². The van der Waals surface area contributed by atoms with Crippen molar-refractivity contribution in [2.75, 3.05) is 6.61 Å². The van der Waals surface area contributed by atoms with Crippen molar-refractivity contribution in [2.24, 2.45) is 5.92 Å². The summed E-state index contributed by atoms with van der Waals surface area (Å²) >= 11 is 0. The third kappa shape index (κ3) is 3.03. The normalized spacial score (nSPS) is 20.9. The van der Waals surface area contributed by atoms with Gasteiger partial charge in [-0.25, -0.2) is 0 Å². The third-order valence-electron chi connectivity index (χ3n) is 3.39. The first-order chi connectivity index (χ1) is 9.51. The van der Waals surface area contributed by atoms with Crippen LogP contribution in [-0.4, -0.2) is 28.6 Å². The van der Waals surface area contributed by atoms with Gasteiger partial charge in [-0.1, -0.05) is 12.2 Å². The largest absolute Gasteiger partial charge is 0.396 e. The van der Waals surface area contributed by atoms with E-state index in [-0.39, 0.29) is 30.2 Å². The predicted molar refractivity (Wildman–Crippen MR) is 73.4 cm³/mol. The number of carbonyl (C=O) groups excluding carboxylic acids is 1. The van der Waals surface area contributed by atoms with Gasteiger partial charge in [-0.3, -0.25) is 14.9 Å². The minimum absolute atomic E-state index is 0.0276. The van der Waals surface area contributed by atoms with E-state index in [1.807, 2.05) is 12.2 Å². The van der Waals surface area contributed by atoms with Crippen molar-refractivity contribution in [2.45, 2.75) is 19.4 Å². The molecular formula is C14H16N2O4. The van der Waals surface area contributed by atoms with Crippen LogP contribution in [0.1, 0.15) is 22.3 Å². The number of hydrogen-bond acceptors (Lipinski definition) is 4. The molecule has 0 saturated carbocycles. The van der Waals surface area contributed by atoms with E-state index in [2.05, 4.69) is 5.32 Å². The Morgan fingerprint density at radius 1 is 1.50 bits per heavy atom. The van der Waals surface area contributed by atoms with Crippen LogP contribution >= 0.6 is 0 Å². The lowest BCUT2D eigenvalue weighted by molar-refractivity contribution is -0.384. The summed E-state index contributed by atoms with van der Waals surface area (Å²) in [7, 11) is 0. The monoisotopic (exact) mass is 276 g/mol. The first-order valence-electron chi connectivity index (χ1n) is 6.36. The maximum atomic E-state index is 12.1. The number of benzene rings is 1. The Bertz CT molecular complexity index is 568. The second kappa shape index (κ2) is 5.83. The van der Waals surface area contributed by atoms with Crippen LogP contribution in [0.2, 0.25) is 0 Å². The van der Waals surface area contributed by atoms with Crippen molar-refractivity contribution in [3.8, 4) is 0 Å². The number of hydrogen-bond donors (Lipinski definition) is 2. The second-order valence-corrected chi connectivity index (χ2v) is 4.90. The molecule has 0 saturated heterocycles. The standard InChI is InChI=1S/C14H16N2O4/c1-9-6-12(16(19)20)4-5-13(9)14(18)15-11-3-2-10(7-11)8-17/h2-6,10-11,17H,7-8H2,1H3,(H,15,18)/t10-,11+/m0/s1. The van der Waals surface area contributed by atoms with Gasteiger partial charge in [-0.15, -0.1) is 0 Å². The third-order valence-corrected chi connectivity index (χ3v) is 3.39. The van der Waals surface area contributed by atoms with Gasteiger partial charge < -0.3 is 10.4 Å². The number of amides is 1. The second-order valence-electron chi connectivity index (χ2n) is 4.90. The van der Waals surface area contributed by atoms with Crippen LogP contribution in [0.3, 0.4) is 0 Å². The molecule has 0 aromatic heterocycles. The van der Waals surface area contributed by atoms with Gasteiger partial charge in [-0.05, 0) is 25.0 Å². The summed E-state index contributed by atoms with van der Waals surface area (Å²) in [4.78, 5) is 22.3. The number of non-ortho nitro benzene ring substituents is 1. The van der Waals surface area contributed by atoms with Gasteiger partial charge in [0, 0.05) is 36.3 Å². The SMILES string of the molecule is Cc1cc([N+](=O)[O-])ccc1C(=O)N[C@@H]1C=C[C@H](CO)C1. The number of aliphatic hydroxyl groups is 1.